The zero-order valence-corrected chi connectivity index (χ0v) is 12.0. The molecule has 1 saturated carbocycles. The number of nitrogens with zero attached hydrogens (tertiary/aromatic N) is 1. The third kappa shape index (κ3) is 4.11. The molecule has 2 rings (SSSR count). The van der Waals surface area contributed by atoms with Crippen LogP contribution in [0.5, 0.6) is 0 Å². The molecule has 106 valence electrons. The van der Waals surface area contributed by atoms with Crippen molar-refractivity contribution in [2.45, 2.75) is 51.2 Å². The lowest BCUT2D eigenvalue weighted by Gasteiger charge is -2.31. The molecule has 0 aromatic carbocycles. The second kappa shape index (κ2) is 7.31. The van der Waals surface area contributed by atoms with Crippen LogP contribution >= 0.6 is 12.4 Å². The Bertz CT molecular complexity index is 276. The van der Waals surface area contributed by atoms with Gasteiger partial charge in [0.15, 0.2) is 0 Å². The van der Waals surface area contributed by atoms with Gasteiger partial charge in [0.2, 0.25) is 5.91 Å². The number of ether oxygens (including phenoxy) is 1. The first-order valence-electron chi connectivity index (χ1n) is 6.83. The summed E-state index contributed by atoms with van der Waals surface area (Å²) < 4.78 is 5.57. The normalized spacial score (nSPS) is 33.4. The van der Waals surface area contributed by atoms with Crippen LogP contribution in [0.15, 0.2) is 0 Å². The minimum Gasteiger partial charge on any atom is -0.377 e. The van der Waals surface area contributed by atoms with Crippen LogP contribution in [0.4, 0.5) is 0 Å². The van der Waals surface area contributed by atoms with Crippen molar-refractivity contribution in [3.8, 4) is 0 Å². The zero-order valence-electron chi connectivity index (χ0n) is 11.1. The maximum absolute atomic E-state index is 12.4. The third-order valence-corrected chi connectivity index (χ3v) is 3.83. The number of amides is 1. The summed E-state index contributed by atoms with van der Waals surface area (Å²) in [6, 6.07) is 0.221. The van der Waals surface area contributed by atoms with E-state index in [0.29, 0.717) is 5.91 Å². The van der Waals surface area contributed by atoms with Gasteiger partial charge < -0.3 is 15.4 Å². The predicted molar refractivity (Wildman–Crippen MR) is 73.8 cm³/mol. The number of halogens is 1. The minimum atomic E-state index is 0. The Balaban J connectivity index is 0.00000162. The van der Waals surface area contributed by atoms with Crippen LogP contribution in [0.25, 0.3) is 0 Å². The molecule has 2 fully saturated rings. The molecule has 0 aromatic heterocycles. The largest absolute Gasteiger partial charge is 0.377 e. The van der Waals surface area contributed by atoms with E-state index in [0.717, 1.165) is 51.8 Å². The summed E-state index contributed by atoms with van der Waals surface area (Å²) >= 11 is 0. The molecule has 2 N–H and O–H groups in total. The lowest BCUT2D eigenvalue weighted by Crippen LogP contribution is -2.43. The van der Waals surface area contributed by atoms with Gasteiger partial charge in [-0.3, -0.25) is 4.79 Å². The summed E-state index contributed by atoms with van der Waals surface area (Å²) in [6.07, 6.45) is 5.16. The number of hydrogen-bond acceptors (Lipinski definition) is 3. The van der Waals surface area contributed by atoms with Crippen LogP contribution in [-0.2, 0) is 9.53 Å². The second-order valence-electron chi connectivity index (χ2n) is 5.44. The van der Waals surface area contributed by atoms with E-state index in [1.165, 1.54) is 0 Å². The molecule has 1 heterocycles. The van der Waals surface area contributed by atoms with E-state index in [1.807, 2.05) is 11.8 Å². The number of carbonyl (C=O) groups is 1. The molecule has 5 heteroatoms. The highest BCUT2D eigenvalue weighted by Gasteiger charge is 2.30. The second-order valence-corrected chi connectivity index (χ2v) is 5.44. The first-order valence-corrected chi connectivity index (χ1v) is 6.83. The molecule has 3 atom stereocenters. The molecule has 18 heavy (non-hydrogen) atoms. The molecule has 1 amide bonds. The van der Waals surface area contributed by atoms with E-state index in [4.69, 9.17) is 10.5 Å². The molecule has 2 aliphatic rings. The Morgan fingerprint density at radius 3 is 2.83 bits per heavy atom. The summed E-state index contributed by atoms with van der Waals surface area (Å²) in [6.45, 7) is 4.40. The van der Waals surface area contributed by atoms with Crippen molar-refractivity contribution in [1.82, 2.24) is 4.90 Å². The smallest absolute Gasteiger partial charge is 0.225 e. The van der Waals surface area contributed by atoms with Gasteiger partial charge in [0.05, 0.1) is 6.10 Å². The van der Waals surface area contributed by atoms with Crippen molar-refractivity contribution in [3.05, 3.63) is 0 Å². The number of nitrogens with two attached hydrogens (primary N) is 1. The van der Waals surface area contributed by atoms with Crippen molar-refractivity contribution in [1.29, 1.82) is 0 Å². The summed E-state index contributed by atoms with van der Waals surface area (Å²) in [5.41, 5.74) is 5.96. The highest BCUT2D eigenvalue weighted by molar-refractivity contribution is 5.85. The fourth-order valence-electron chi connectivity index (χ4n) is 2.90. The van der Waals surface area contributed by atoms with Gasteiger partial charge in [-0.1, -0.05) is 6.42 Å². The van der Waals surface area contributed by atoms with Gasteiger partial charge in [-0.05, 0) is 32.6 Å². The summed E-state index contributed by atoms with van der Waals surface area (Å²) in [4.78, 5) is 14.4. The lowest BCUT2D eigenvalue weighted by atomic mass is 9.85. The van der Waals surface area contributed by atoms with Crippen molar-refractivity contribution in [3.63, 3.8) is 0 Å². The van der Waals surface area contributed by atoms with Crippen molar-refractivity contribution >= 4 is 18.3 Å². The fraction of sp³-hybridized carbons (Fsp3) is 0.923. The maximum Gasteiger partial charge on any atom is 0.225 e. The summed E-state index contributed by atoms with van der Waals surface area (Å²) in [7, 11) is 0. The maximum atomic E-state index is 12.4. The molecule has 1 saturated heterocycles. The van der Waals surface area contributed by atoms with Gasteiger partial charge in [0.1, 0.15) is 0 Å². The quantitative estimate of drug-likeness (QED) is 0.791. The molecule has 0 bridgehead atoms. The lowest BCUT2D eigenvalue weighted by molar-refractivity contribution is -0.137. The van der Waals surface area contributed by atoms with Gasteiger partial charge in [-0.25, -0.2) is 0 Å². The topological polar surface area (TPSA) is 55.6 Å². The highest BCUT2D eigenvalue weighted by Crippen LogP contribution is 2.25. The summed E-state index contributed by atoms with van der Waals surface area (Å²) in [5, 5.41) is 0. The Hall–Kier alpha value is -0.320. The van der Waals surface area contributed by atoms with Gasteiger partial charge in [0.25, 0.3) is 0 Å². The Morgan fingerprint density at radius 2 is 2.11 bits per heavy atom. The third-order valence-electron chi connectivity index (χ3n) is 3.83. The van der Waals surface area contributed by atoms with E-state index in [9.17, 15) is 4.79 Å². The molecule has 4 nitrogen and oxygen atoms in total. The van der Waals surface area contributed by atoms with Crippen LogP contribution in [0, 0.1) is 5.92 Å². The van der Waals surface area contributed by atoms with E-state index in [-0.39, 0.29) is 30.5 Å². The SMILES string of the molecule is CC1CN(C(=O)C2CCCC(N)C2)CCCO1.Cl. The molecule has 1 aliphatic heterocycles. The minimum absolute atomic E-state index is 0. The molecule has 1 aliphatic carbocycles. The highest BCUT2D eigenvalue weighted by atomic mass is 35.5. The van der Waals surface area contributed by atoms with Crippen LogP contribution in [0.1, 0.15) is 39.0 Å². The van der Waals surface area contributed by atoms with E-state index < -0.39 is 0 Å². The average molecular weight is 277 g/mol. The fourth-order valence-corrected chi connectivity index (χ4v) is 2.90. The standard InChI is InChI=1S/C13H24N2O2.ClH/c1-10-9-15(6-3-7-17-10)13(16)11-4-2-5-12(14)8-11;/h10-12H,2-9,14H2,1H3;1H. The molecule has 0 radical (unpaired) electrons. The van der Waals surface area contributed by atoms with Crippen LogP contribution in [0.2, 0.25) is 0 Å². The van der Waals surface area contributed by atoms with E-state index in [2.05, 4.69) is 0 Å². The number of hydrogen-bond donors (Lipinski definition) is 1. The predicted octanol–water partition coefficient (Wildman–Crippen LogP) is 1.56. The van der Waals surface area contributed by atoms with Crippen LogP contribution < -0.4 is 5.73 Å². The van der Waals surface area contributed by atoms with Crippen molar-refractivity contribution in [2.75, 3.05) is 19.7 Å². The van der Waals surface area contributed by atoms with Crippen LogP contribution in [0.3, 0.4) is 0 Å². The molecular formula is C13H25ClN2O2. The molecular weight excluding hydrogens is 252 g/mol. The van der Waals surface area contributed by atoms with Crippen LogP contribution in [-0.4, -0.2) is 42.6 Å². The molecule has 3 unspecified atom stereocenters. The number of rotatable bonds is 1. The van der Waals surface area contributed by atoms with Crippen molar-refractivity contribution in [2.24, 2.45) is 11.7 Å². The van der Waals surface area contributed by atoms with Gasteiger partial charge in [-0.2, -0.15) is 0 Å². The first kappa shape index (κ1) is 15.7. The Labute approximate surface area is 116 Å². The van der Waals surface area contributed by atoms with E-state index in [1.54, 1.807) is 0 Å². The molecule has 0 aromatic rings. The van der Waals surface area contributed by atoms with Gasteiger partial charge >= 0.3 is 0 Å². The van der Waals surface area contributed by atoms with Gasteiger partial charge in [0, 0.05) is 31.7 Å². The number of carbonyl (C=O) groups excluding carboxylic acids is 1. The Morgan fingerprint density at radius 1 is 1.33 bits per heavy atom. The molecule has 0 spiro atoms. The average Bonchev–Trinajstić information content (AvgIpc) is 2.53. The zero-order chi connectivity index (χ0) is 12.3. The van der Waals surface area contributed by atoms with Gasteiger partial charge in [-0.15, -0.1) is 12.4 Å². The first-order chi connectivity index (χ1) is 8.16. The summed E-state index contributed by atoms with van der Waals surface area (Å²) in [5.74, 6) is 0.460. The Kier molecular flexibility index (Phi) is 6.39. The van der Waals surface area contributed by atoms with E-state index >= 15 is 0 Å². The monoisotopic (exact) mass is 276 g/mol. The van der Waals surface area contributed by atoms with Crippen molar-refractivity contribution < 1.29 is 9.53 Å².